The van der Waals surface area contributed by atoms with E-state index in [9.17, 15) is 18.0 Å². The molecule has 1 amide bonds. The number of nitrogens with two attached hydrogens (primary N) is 1. The van der Waals surface area contributed by atoms with Gasteiger partial charge in [0.25, 0.3) is 5.91 Å². The molecule has 0 atom stereocenters. The minimum atomic E-state index is -4.78. The number of ether oxygens (including phenoxy) is 2. The lowest BCUT2D eigenvalue weighted by molar-refractivity contribution is -0.274. The van der Waals surface area contributed by atoms with E-state index in [-0.39, 0.29) is 17.2 Å². The van der Waals surface area contributed by atoms with Crippen LogP contribution in [0.4, 0.5) is 19.0 Å². The number of halogens is 3. The molecule has 1 aromatic heterocycles. The smallest absolute Gasteiger partial charge is 0.491 e. The number of carbonyl (C=O) groups is 1. The SMILES string of the molecule is Nc1ccc(-c2ccc3c(c2)CN(C(=O)c2ccc(OC(F)(F)F)cc2)CCO3)cn1. The van der Waals surface area contributed by atoms with Crippen molar-refractivity contribution < 1.29 is 27.4 Å². The summed E-state index contributed by atoms with van der Waals surface area (Å²) in [6.07, 6.45) is -3.11. The Morgan fingerprint density at radius 1 is 1.06 bits per heavy atom. The van der Waals surface area contributed by atoms with Gasteiger partial charge in [0, 0.05) is 29.4 Å². The number of hydrogen-bond acceptors (Lipinski definition) is 5. The van der Waals surface area contributed by atoms with E-state index in [4.69, 9.17) is 10.5 Å². The van der Waals surface area contributed by atoms with Crippen LogP contribution in [0.2, 0.25) is 0 Å². The average Bonchev–Trinajstić information content (AvgIpc) is 2.95. The zero-order chi connectivity index (χ0) is 22.0. The number of carbonyl (C=O) groups excluding carboxylic acids is 1. The van der Waals surface area contributed by atoms with E-state index in [0.717, 1.165) is 28.8 Å². The van der Waals surface area contributed by atoms with E-state index in [1.54, 1.807) is 17.2 Å². The molecule has 0 fully saturated rings. The third kappa shape index (κ3) is 4.88. The highest BCUT2D eigenvalue weighted by Crippen LogP contribution is 2.30. The molecule has 2 N–H and O–H groups in total. The molecule has 1 aliphatic heterocycles. The molecule has 0 aliphatic carbocycles. The van der Waals surface area contributed by atoms with Gasteiger partial charge in [-0.25, -0.2) is 4.98 Å². The Balaban J connectivity index is 1.54. The average molecular weight is 429 g/mol. The molecule has 1 aliphatic rings. The maximum absolute atomic E-state index is 12.9. The molecular formula is C22H18F3N3O3. The van der Waals surface area contributed by atoms with Crippen LogP contribution in [0.15, 0.2) is 60.8 Å². The van der Waals surface area contributed by atoms with Crippen LogP contribution in [0, 0.1) is 0 Å². The summed E-state index contributed by atoms with van der Waals surface area (Å²) in [6.45, 7) is 0.940. The van der Waals surface area contributed by atoms with Gasteiger partial charge in [-0.15, -0.1) is 13.2 Å². The van der Waals surface area contributed by atoms with E-state index < -0.39 is 6.36 Å². The second-order valence-corrected chi connectivity index (χ2v) is 6.94. The molecule has 9 heteroatoms. The fourth-order valence-corrected chi connectivity index (χ4v) is 3.31. The fourth-order valence-electron chi connectivity index (χ4n) is 3.31. The lowest BCUT2D eigenvalue weighted by Crippen LogP contribution is -2.32. The van der Waals surface area contributed by atoms with Crippen LogP contribution in [-0.2, 0) is 6.54 Å². The van der Waals surface area contributed by atoms with Gasteiger partial charge in [-0.05, 0) is 54.1 Å². The van der Waals surface area contributed by atoms with Crippen LogP contribution in [0.5, 0.6) is 11.5 Å². The molecule has 0 saturated carbocycles. The topological polar surface area (TPSA) is 77.7 Å². The quantitative estimate of drug-likeness (QED) is 0.673. The summed E-state index contributed by atoms with van der Waals surface area (Å²) >= 11 is 0. The van der Waals surface area contributed by atoms with Gasteiger partial charge in [0.15, 0.2) is 0 Å². The Morgan fingerprint density at radius 3 is 2.48 bits per heavy atom. The molecule has 2 aromatic carbocycles. The maximum Gasteiger partial charge on any atom is 0.573 e. The first kappa shape index (κ1) is 20.5. The van der Waals surface area contributed by atoms with Crippen molar-refractivity contribution in [3.63, 3.8) is 0 Å². The van der Waals surface area contributed by atoms with Gasteiger partial charge in [0.05, 0.1) is 6.54 Å². The van der Waals surface area contributed by atoms with Gasteiger partial charge >= 0.3 is 6.36 Å². The van der Waals surface area contributed by atoms with Crippen LogP contribution < -0.4 is 15.2 Å². The lowest BCUT2D eigenvalue weighted by atomic mass is 10.0. The molecule has 2 heterocycles. The Labute approximate surface area is 176 Å². The van der Waals surface area contributed by atoms with Crippen molar-refractivity contribution >= 4 is 11.7 Å². The van der Waals surface area contributed by atoms with Crippen molar-refractivity contribution in [1.82, 2.24) is 9.88 Å². The van der Waals surface area contributed by atoms with Gasteiger partial charge in [0.1, 0.15) is 23.9 Å². The third-order valence-electron chi connectivity index (χ3n) is 4.78. The highest BCUT2D eigenvalue weighted by atomic mass is 19.4. The number of benzene rings is 2. The second kappa shape index (κ2) is 8.17. The third-order valence-corrected chi connectivity index (χ3v) is 4.78. The van der Waals surface area contributed by atoms with E-state index in [1.165, 1.54) is 12.1 Å². The van der Waals surface area contributed by atoms with Crippen molar-refractivity contribution in [2.45, 2.75) is 12.9 Å². The lowest BCUT2D eigenvalue weighted by Gasteiger charge is -2.20. The summed E-state index contributed by atoms with van der Waals surface area (Å²) in [4.78, 5) is 18.6. The summed E-state index contributed by atoms with van der Waals surface area (Å²) in [5.41, 5.74) is 8.50. The highest BCUT2D eigenvalue weighted by molar-refractivity contribution is 5.94. The van der Waals surface area contributed by atoms with Crippen molar-refractivity contribution in [1.29, 1.82) is 0 Å². The molecule has 3 aromatic rings. The number of amides is 1. The van der Waals surface area contributed by atoms with Gasteiger partial charge < -0.3 is 20.1 Å². The molecule has 160 valence electrons. The minimum Gasteiger partial charge on any atom is -0.491 e. The number of rotatable bonds is 3. The highest BCUT2D eigenvalue weighted by Gasteiger charge is 2.31. The van der Waals surface area contributed by atoms with Crippen molar-refractivity contribution in [3.05, 3.63) is 71.9 Å². The summed E-state index contributed by atoms with van der Waals surface area (Å²) in [5.74, 6) is 0.409. The van der Waals surface area contributed by atoms with E-state index in [1.807, 2.05) is 24.3 Å². The molecule has 4 rings (SSSR count). The van der Waals surface area contributed by atoms with Gasteiger partial charge in [-0.1, -0.05) is 6.07 Å². The first-order chi connectivity index (χ1) is 14.8. The van der Waals surface area contributed by atoms with Crippen LogP contribution in [0.3, 0.4) is 0 Å². The van der Waals surface area contributed by atoms with Crippen LogP contribution in [0.1, 0.15) is 15.9 Å². The molecule has 0 spiro atoms. The Morgan fingerprint density at radius 2 is 1.81 bits per heavy atom. The first-order valence-electron chi connectivity index (χ1n) is 9.41. The number of nitrogen functional groups attached to an aromatic ring is 1. The van der Waals surface area contributed by atoms with Crippen molar-refractivity contribution in [3.8, 4) is 22.6 Å². The van der Waals surface area contributed by atoms with Crippen molar-refractivity contribution in [2.75, 3.05) is 18.9 Å². The molecule has 0 unspecified atom stereocenters. The normalized spacial score (nSPS) is 13.7. The number of aromatic nitrogens is 1. The summed E-state index contributed by atoms with van der Waals surface area (Å²) < 4.78 is 46.6. The summed E-state index contributed by atoms with van der Waals surface area (Å²) in [6, 6.07) is 14.1. The zero-order valence-corrected chi connectivity index (χ0v) is 16.2. The Kier molecular flexibility index (Phi) is 5.41. The summed E-state index contributed by atoms with van der Waals surface area (Å²) in [7, 11) is 0. The number of fused-ring (bicyclic) bond motifs is 1. The molecular weight excluding hydrogens is 411 g/mol. The van der Waals surface area contributed by atoms with E-state index in [2.05, 4.69) is 9.72 Å². The zero-order valence-electron chi connectivity index (χ0n) is 16.2. The predicted octanol–water partition coefficient (Wildman–Crippen LogP) is 4.26. The monoisotopic (exact) mass is 429 g/mol. The Bertz CT molecular complexity index is 1080. The van der Waals surface area contributed by atoms with Gasteiger partial charge in [-0.2, -0.15) is 0 Å². The minimum absolute atomic E-state index is 0.261. The maximum atomic E-state index is 12.9. The number of alkyl halides is 3. The predicted molar refractivity (Wildman–Crippen MR) is 107 cm³/mol. The molecule has 31 heavy (non-hydrogen) atoms. The van der Waals surface area contributed by atoms with Crippen molar-refractivity contribution in [2.24, 2.45) is 0 Å². The largest absolute Gasteiger partial charge is 0.573 e. The van der Waals surface area contributed by atoms with Crippen LogP contribution in [-0.4, -0.2) is 35.3 Å². The number of pyridine rings is 1. The Hall–Kier alpha value is -3.75. The van der Waals surface area contributed by atoms with E-state index in [0.29, 0.717) is 31.3 Å². The molecule has 0 radical (unpaired) electrons. The molecule has 6 nitrogen and oxygen atoms in total. The fraction of sp³-hybridized carbons (Fsp3) is 0.182. The second-order valence-electron chi connectivity index (χ2n) is 6.94. The summed E-state index contributed by atoms with van der Waals surface area (Å²) in [5, 5.41) is 0. The molecule has 0 saturated heterocycles. The standard InChI is InChI=1S/C22H18F3N3O3/c23-22(24,25)31-18-5-1-14(2-6-18)21(29)28-9-10-30-19-7-3-15(11-17(19)13-28)16-4-8-20(26)27-12-16/h1-8,11-12H,9-10,13H2,(H2,26,27). The number of hydrogen-bond donors (Lipinski definition) is 1. The number of anilines is 1. The van der Waals surface area contributed by atoms with E-state index >= 15 is 0 Å². The number of nitrogens with zero attached hydrogens (tertiary/aromatic N) is 2. The van der Waals surface area contributed by atoms with Gasteiger partial charge in [0.2, 0.25) is 0 Å². The first-order valence-corrected chi connectivity index (χ1v) is 9.41. The van der Waals surface area contributed by atoms with Crippen LogP contribution in [0.25, 0.3) is 11.1 Å². The van der Waals surface area contributed by atoms with Crippen LogP contribution >= 0.6 is 0 Å². The van der Waals surface area contributed by atoms with Gasteiger partial charge in [-0.3, -0.25) is 4.79 Å². The molecule has 0 bridgehead atoms.